The molecule has 0 saturated heterocycles. The minimum atomic E-state index is -0.200. The van der Waals surface area contributed by atoms with E-state index in [1.165, 1.54) is 6.08 Å². The molecule has 0 amide bonds. The molecule has 1 aliphatic heterocycles. The van der Waals surface area contributed by atoms with Gasteiger partial charge in [0.05, 0.1) is 6.61 Å². The van der Waals surface area contributed by atoms with Gasteiger partial charge in [-0.1, -0.05) is 5.57 Å². The molecule has 0 fully saturated rings. The summed E-state index contributed by atoms with van der Waals surface area (Å²) in [4.78, 5) is 10.4. The van der Waals surface area contributed by atoms with Gasteiger partial charge in [0.15, 0.2) is 0 Å². The summed E-state index contributed by atoms with van der Waals surface area (Å²) in [6.45, 7) is 2.49. The van der Waals surface area contributed by atoms with Gasteiger partial charge in [0, 0.05) is 12.5 Å². The summed E-state index contributed by atoms with van der Waals surface area (Å²) in [5, 5.41) is 0. The molecule has 8 heavy (non-hydrogen) atoms. The fourth-order valence-corrected chi connectivity index (χ4v) is 0.628. The van der Waals surface area contributed by atoms with Gasteiger partial charge in [0.25, 0.3) is 0 Å². The van der Waals surface area contributed by atoms with E-state index in [0.29, 0.717) is 6.61 Å². The maximum Gasteiger partial charge on any atom is 0.330 e. The molecule has 1 rings (SSSR count). The van der Waals surface area contributed by atoms with Crippen molar-refractivity contribution in [2.75, 3.05) is 6.61 Å². The number of ether oxygens (including phenoxy) is 1. The molecule has 1 aliphatic rings. The second-order valence-corrected chi connectivity index (χ2v) is 1.91. The number of carbonyl (C=O) groups excluding carboxylic acids is 1. The molecular weight excluding hydrogens is 104 g/mol. The zero-order chi connectivity index (χ0) is 5.98. The van der Waals surface area contributed by atoms with E-state index in [9.17, 15) is 4.79 Å². The van der Waals surface area contributed by atoms with Gasteiger partial charge in [-0.15, -0.1) is 0 Å². The lowest BCUT2D eigenvalue weighted by atomic mass is 10.2. The number of hydrogen-bond donors (Lipinski definition) is 0. The van der Waals surface area contributed by atoms with Gasteiger partial charge < -0.3 is 4.74 Å². The summed E-state index contributed by atoms with van der Waals surface area (Å²) in [5.74, 6) is -0.200. The van der Waals surface area contributed by atoms with Crippen molar-refractivity contribution in [3.05, 3.63) is 11.6 Å². The summed E-state index contributed by atoms with van der Waals surface area (Å²) in [7, 11) is 0. The molecule has 0 bridgehead atoms. The summed E-state index contributed by atoms with van der Waals surface area (Å²) in [6.07, 6.45) is 2.43. The summed E-state index contributed by atoms with van der Waals surface area (Å²) >= 11 is 0. The Bertz CT molecular complexity index is 135. The van der Waals surface area contributed by atoms with Gasteiger partial charge in [-0.2, -0.15) is 0 Å². The molecule has 0 spiro atoms. The predicted octanol–water partition coefficient (Wildman–Crippen LogP) is 0.880. The smallest absolute Gasteiger partial charge is 0.330 e. The van der Waals surface area contributed by atoms with Gasteiger partial charge >= 0.3 is 5.97 Å². The van der Waals surface area contributed by atoms with Crippen LogP contribution in [-0.4, -0.2) is 12.6 Å². The van der Waals surface area contributed by atoms with Gasteiger partial charge in [-0.3, -0.25) is 0 Å². The first-order valence-corrected chi connectivity index (χ1v) is 2.63. The zero-order valence-corrected chi connectivity index (χ0v) is 4.81. The van der Waals surface area contributed by atoms with Crippen LogP contribution in [0, 0.1) is 0 Å². The van der Waals surface area contributed by atoms with Gasteiger partial charge in [0.2, 0.25) is 0 Å². The molecule has 0 N–H and O–H groups in total. The highest BCUT2D eigenvalue weighted by Gasteiger charge is 2.04. The number of esters is 1. The lowest BCUT2D eigenvalue weighted by Crippen LogP contribution is -2.08. The first-order valence-electron chi connectivity index (χ1n) is 2.63. The Morgan fingerprint density at radius 2 is 2.50 bits per heavy atom. The van der Waals surface area contributed by atoms with E-state index in [4.69, 9.17) is 0 Å². The van der Waals surface area contributed by atoms with Crippen LogP contribution < -0.4 is 0 Å². The third-order valence-electron chi connectivity index (χ3n) is 1.10. The van der Waals surface area contributed by atoms with Crippen LogP contribution in [0.25, 0.3) is 0 Å². The fraction of sp³-hybridized carbons (Fsp3) is 0.500. The van der Waals surface area contributed by atoms with Crippen molar-refractivity contribution in [3.63, 3.8) is 0 Å². The minimum Gasteiger partial charge on any atom is -0.462 e. The Morgan fingerprint density at radius 3 is 2.88 bits per heavy atom. The van der Waals surface area contributed by atoms with Crippen molar-refractivity contribution in [3.8, 4) is 0 Å². The van der Waals surface area contributed by atoms with E-state index < -0.39 is 0 Å². The predicted molar refractivity (Wildman–Crippen MR) is 29.3 cm³/mol. The quantitative estimate of drug-likeness (QED) is 0.435. The average Bonchev–Trinajstić information content (AvgIpc) is 1.64. The number of hydrogen-bond acceptors (Lipinski definition) is 2. The van der Waals surface area contributed by atoms with Crippen LogP contribution in [0.2, 0.25) is 0 Å². The first-order chi connectivity index (χ1) is 3.79. The van der Waals surface area contributed by atoms with Crippen LogP contribution in [0.15, 0.2) is 11.6 Å². The Hall–Kier alpha value is -0.790. The van der Waals surface area contributed by atoms with Gasteiger partial charge in [-0.25, -0.2) is 4.79 Å². The van der Waals surface area contributed by atoms with Crippen molar-refractivity contribution >= 4 is 5.97 Å². The highest BCUT2D eigenvalue weighted by molar-refractivity contribution is 5.83. The molecule has 0 atom stereocenters. The van der Waals surface area contributed by atoms with E-state index in [1.807, 2.05) is 6.92 Å². The summed E-state index contributed by atoms with van der Waals surface area (Å²) < 4.78 is 4.63. The Labute approximate surface area is 48.1 Å². The fourth-order valence-electron chi connectivity index (χ4n) is 0.628. The number of carbonyl (C=O) groups is 1. The normalized spacial score (nSPS) is 19.6. The van der Waals surface area contributed by atoms with Crippen LogP contribution in [-0.2, 0) is 9.53 Å². The van der Waals surface area contributed by atoms with Crippen molar-refractivity contribution < 1.29 is 9.53 Å². The Balaban J connectivity index is 2.64. The molecule has 0 saturated carbocycles. The summed E-state index contributed by atoms with van der Waals surface area (Å²) in [5.41, 5.74) is 1.11. The largest absolute Gasteiger partial charge is 0.462 e. The van der Waals surface area contributed by atoms with Crippen molar-refractivity contribution in [2.45, 2.75) is 13.3 Å². The topological polar surface area (TPSA) is 26.3 Å². The van der Waals surface area contributed by atoms with E-state index in [0.717, 1.165) is 12.0 Å². The Morgan fingerprint density at radius 1 is 1.75 bits per heavy atom. The lowest BCUT2D eigenvalue weighted by Gasteiger charge is -2.07. The van der Waals surface area contributed by atoms with Crippen molar-refractivity contribution in [1.29, 1.82) is 0 Å². The zero-order valence-electron chi connectivity index (χ0n) is 4.81. The monoisotopic (exact) mass is 112 g/mol. The molecule has 2 nitrogen and oxygen atoms in total. The molecular formula is C6H8O2. The first kappa shape index (κ1) is 5.35. The maximum atomic E-state index is 10.4. The third-order valence-corrected chi connectivity index (χ3v) is 1.10. The second-order valence-electron chi connectivity index (χ2n) is 1.91. The molecule has 0 aromatic carbocycles. The number of rotatable bonds is 0. The summed E-state index contributed by atoms with van der Waals surface area (Å²) in [6, 6.07) is 0. The van der Waals surface area contributed by atoms with Crippen molar-refractivity contribution in [2.24, 2.45) is 0 Å². The van der Waals surface area contributed by atoms with Crippen LogP contribution in [0.3, 0.4) is 0 Å². The molecule has 0 aromatic rings. The molecule has 0 unspecified atom stereocenters. The van der Waals surface area contributed by atoms with E-state index >= 15 is 0 Å². The van der Waals surface area contributed by atoms with E-state index in [1.54, 1.807) is 0 Å². The molecule has 0 aromatic heterocycles. The van der Waals surface area contributed by atoms with E-state index in [2.05, 4.69) is 4.74 Å². The standard InChI is InChI=1S/C6H8O2/c1-5-2-3-8-6(7)4-5/h4H,2-3H2,1H3. The molecule has 0 aliphatic carbocycles. The maximum absolute atomic E-state index is 10.4. The lowest BCUT2D eigenvalue weighted by molar-refractivity contribution is -0.138. The van der Waals surface area contributed by atoms with Gasteiger partial charge in [0.1, 0.15) is 0 Å². The third kappa shape index (κ3) is 1.09. The van der Waals surface area contributed by atoms with E-state index in [-0.39, 0.29) is 5.97 Å². The number of cyclic esters (lactones) is 1. The molecule has 44 valence electrons. The SMILES string of the molecule is CC1=CC(=O)OCC1. The molecule has 0 radical (unpaired) electrons. The Kier molecular flexibility index (Phi) is 1.33. The average molecular weight is 112 g/mol. The van der Waals surface area contributed by atoms with Crippen LogP contribution in [0.4, 0.5) is 0 Å². The molecule has 2 heteroatoms. The van der Waals surface area contributed by atoms with Crippen LogP contribution in [0.1, 0.15) is 13.3 Å². The highest BCUT2D eigenvalue weighted by Crippen LogP contribution is 2.05. The highest BCUT2D eigenvalue weighted by atomic mass is 16.5. The molecule has 1 heterocycles. The second kappa shape index (κ2) is 1.99. The van der Waals surface area contributed by atoms with Gasteiger partial charge in [-0.05, 0) is 6.92 Å². The minimum absolute atomic E-state index is 0.200. The van der Waals surface area contributed by atoms with Crippen LogP contribution >= 0.6 is 0 Å². The van der Waals surface area contributed by atoms with Crippen LogP contribution in [0.5, 0.6) is 0 Å². The van der Waals surface area contributed by atoms with Crippen molar-refractivity contribution in [1.82, 2.24) is 0 Å².